The van der Waals surface area contributed by atoms with Crippen LogP contribution in [0.5, 0.6) is 11.5 Å². The molecule has 1 aliphatic rings. The van der Waals surface area contributed by atoms with E-state index >= 15 is 0 Å². The second kappa shape index (κ2) is 6.54. The van der Waals surface area contributed by atoms with E-state index in [9.17, 15) is 9.18 Å². The number of halogens is 1. The second-order valence-electron chi connectivity index (χ2n) is 5.07. The number of amides is 1. The number of ether oxygens (including phenoxy) is 2. The normalized spacial score (nSPS) is 15.2. The van der Waals surface area contributed by atoms with Crippen LogP contribution in [0.1, 0.15) is 11.1 Å². The lowest BCUT2D eigenvalue weighted by Gasteiger charge is -2.07. The number of nitrogens with zero attached hydrogens (tertiary/aromatic N) is 1. The summed E-state index contributed by atoms with van der Waals surface area (Å²) in [7, 11) is 3.09. The Morgan fingerprint density at radius 1 is 1.08 bits per heavy atom. The summed E-state index contributed by atoms with van der Waals surface area (Å²) < 4.78 is 23.7. The maximum atomic E-state index is 13.3. The molecule has 0 atom stereocenters. The third kappa shape index (κ3) is 3.12. The van der Waals surface area contributed by atoms with Crippen molar-refractivity contribution in [1.29, 1.82) is 0 Å². The highest BCUT2D eigenvalue weighted by atomic mass is 19.1. The summed E-state index contributed by atoms with van der Waals surface area (Å²) in [4.78, 5) is 16.3. The molecule has 24 heavy (non-hydrogen) atoms. The maximum absolute atomic E-state index is 13.3. The van der Waals surface area contributed by atoms with Crippen molar-refractivity contribution in [2.24, 2.45) is 4.99 Å². The lowest BCUT2D eigenvalue weighted by Crippen LogP contribution is -2.24. The summed E-state index contributed by atoms with van der Waals surface area (Å²) in [5.74, 6) is 0.746. The van der Waals surface area contributed by atoms with E-state index in [4.69, 9.17) is 9.47 Å². The lowest BCUT2D eigenvalue weighted by molar-refractivity contribution is -0.115. The van der Waals surface area contributed by atoms with Crippen molar-refractivity contribution in [3.63, 3.8) is 0 Å². The Morgan fingerprint density at radius 3 is 2.58 bits per heavy atom. The van der Waals surface area contributed by atoms with Gasteiger partial charge in [-0.2, -0.15) is 0 Å². The van der Waals surface area contributed by atoms with Crippen LogP contribution in [0.25, 0.3) is 6.08 Å². The number of aliphatic imine (C=N–C) groups is 1. The fourth-order valence-corrected chi connectivity index (χ4v) is 2.34. The molecule has 5 nitrogen and oxygen atoms in total. The first-order valence-electron chi connectivity index (χ1n) is 7.20. The van der Waals surface area contributed by atoms with Crippen molar-refractivity contribution in [2.45, 2.75) is 0 Å². The molecule has 0 radical (unpaired) electrons. The lowest BCUT2D eigenvalue weighted by atomic mass is 10.1. The molecule has 0 spiro atoms. The zero-order valence-corrected chi connectivity index (χ0v) is 13.2. The van der Waals surface area contributed by atoms with Crippen LogP contribution in [-0.4, -0.2) is 26.0 Å². The number of carbonyl (C=O) groups is 1. The summed E-state index contributed by atoms with van der Waals surface area (Å²) in [5, 5.41) is 2.64. The first kappa shape index (κ1) is 15.7. The molecule has 1 N–H and O–H groups in total. The van der Waals surface area contributed by atoms with Crippen molar-refractivity contribution >= 4 is 17.8 Å². The Kier molecular flexibility index (Phi) is 4.29. The van der Waals surface area contributed by atoms with E-state index in [2.05, 4.69) is 10.3 Å². The Hall–Kier alpha value is -3.15. The minimum atomic E-state index is -0.387. The van der Waals surface area contributed by atoms with Crippen LogP contribution in [-0.2, 0) is 4.79 Å². The number of hydrogen-bond acceptors (Lipinski definition) is 4. The third-order valence-electron chi connectivity index (χ3n) is 3.51. The fourth-order valence-electron chi connectivity index (χ4n) is 2.34. The van der Waals surface area contributed by atoms with Crippen molar-refractivity contribution in [3.05, 3.63) is 65.1 Å². The highest BCUT2D eigenvalue weighted by Crippen LogP contribution is 2.28. The number of nitrogens with one attached hydrogen (secondary N) is 1. The summed E-state index contributed by atoms with van der Waals surface area (Å²) in [6, 6.07) is 11.2. The zero-order chi connectivity index (χ0) is 17.1. The SMILES string of the molecule is COc1ccc(/C=C2\N=C(c3cccc(F)c3)NC2=O)cc1OC. The number of benzene rings is 2. The van der Waals surface area contributed by atoms with Crippen molar-refractivity contribution < 1.29 is 18.7 Å². The molecular weight excluding hydrogens is 311 g/mol. The van der Waals surface area contributed by atoms with E-state index < -0.39 is 0 Å². The maximum Gasteiger partial charge on any atom is 0.275 e. The van der Waals surface area contributed by atoms with Gasteiger partial charge in [-0.1, -0.05) is 18.2 Å². The van der Waals surface area contributed by atoms with E-state index in [0.29, 0.717) is 22.9 Å². The van der Waals surface area contributed by atoms with Gasteiger partial charge in [-0.25, -0.2) is 9.38 Å². The minimum absolute atomic E-state index is 0.237. The van der Waals surface area contributed by atoms with E-state index in [1.165, 1.54) is 19.2 Å². The molecule has 0 saturated heterocycles. The van der Waals surface area contributed by atoms with Crippen LogP contribution in [0.3, 0.4) is 0 Å². The molecule has 6 heteroatoms. The van der Waals surface area contributed by atoms with Gasteiger partial charge >= 0.3 is 0 Å². The van der Waals surface area contributed by atoms with Crippen LogP contribution in [0.2, 0.25) is 0 Å². The van der Waals surface area contributed by atoms with Crippen molar-refractivity contribution in [2.75, 3.05) is 14.2 Å². The van der Waals surface area contributed by atoms with Gasteiger partial charge in [0.25, 0.3) is 5.91 Å². The summed E-state index contributed by atoms with van der Waals surface area (Å²) in [5.41, 5.74) is 1.49. The van der Waals surface area contributed by atoms with E-state index in [1.807, 2.05) is 0 Å². The molecular formula is C18H15FN2O3. The molecule has 122 valence electrons. The Morgan fingerprint density at radius 2 is 1.88 bits per heavy atom. The standard InChI is InChI=1S/C18H15FN2O3/c1-23-15-7-6-11(9-16(15)24-2)8-14-18(22)21-17(20-14)12-4-3-5-13(19)10-12/h3-10H,1-2H3,(H,20,21,22)/b14-8-. The van der Waals surface area contributed by atoms with Gasteiger partial charge in [-0.15, -0.1) is 0 Å². The summed E-state index contributed by atoms with van der Waals surface area (Å²) in [6.45, 7) is 0. The molecule has 0 saturated carbocycles. The molecule has 3 rings (SSSR count). The topological polar surface area (TPSA) is 59.9 Å². The van der Waals surface area contributed by atoms with Crippen LogP contribution in [0, 0.1) is 5.82 Å². The molecule has 0 fully saturated rings. The van der Waals surface area contributed by atoms with E-state index in [-0.39, 0.29) is 17.4 Å². The third-order valence-corrected chi connectivity index (χ3v) is 3.51. The number of hydrogen-bond donors (Lipinski definition) is 1. The largest absolute Gasteiger partial charge is 0.493 e. The quantitative estimate of drug-likeness (QED) is 0.879. The van der Waals surface area contributed by atoms with Gasteiger partial charge in [0.2, 0.25) is 0 Å². The summed E-state index contributed by atoms with van der Waals surface area (Å²) in [6.07, 6.45) is 1.63. The van der Waals surface area contributed by atoms with Crippen LogP contribution < -0.4 is 14.8 Å². The average molecular weight is 326 g/mol. The number of rotatable bonds is 4. The monoisotopic (exact) mass is 326 g/mol. The molecule has 0 unspecified atom stereocenters. The molecule has 1 amide bonds. The van der Waals surface area contributed by atoms with Gasteiger partial charge in [-0.3, -0.25) is 4.79 Å². The second-order valence-corrected chi connectivity index (χ2v) is 5.07. The predicted molar refractivity (Wildman–Crippen MR) is 88.6 cm³/mol. The Balaban J connectivity index is 1.94. The number of carbonyl (C=O) groups excluding carboxylic acids is 1. The van der Waals surface area contributed by atoms with Crippen molar-refractivity contribution in [1.82, 2.24) is 5.32 Å². The van der Waals surface area contributed by atoms with Crippen LogP contribution in [0.15, 0.2) is 53.2 Å². The zero-order valence-electron chi connectivity index (χ0n) is 13.2. The van der Waals surface area contributed by atoms with Gasteiger partial charge in [0.15, 0.2) is 11.5 Å². The number of methoxy groups -OCH3 is 2. The van der Waals surface area contributed by atoms with Crippen molar-refractivity contribution in [3.8, 4) is 11.5 Å². The average Bonchev–Trinajstić information content (AvgIpc) is 2.95. The van der Waals surface area contributed by atoms with Gasteiger partial charge in [0.05, 0.1) is 14.2 Å². The molecule has 0 bridgehead atoms. The predicted octanol–water partition coefficient (Wildman–Crippen LogP) is 2.76. The number of amidine groups is 1. The van der Waals surface area contributed by atoms with E-state index in [0.717, 1.165) is 5.56 Å². The molecule has 1 aliphatic heterocycles. The molecule has 0 aliphatic carbocycles. The Bertz CT molecular complexity index is 859. The smallest absolute Gasteiger partial charge is 0.275 e. The van der Waals surface area contributed by atoms with Gasteiger partial charge in [-0.05, 0) is 35.9 Å². The molecule has 2 aromatic rings. The molecule has 1 heterocycles. The van der Waals surface area contributed by atoms with Crippen LogP contribution >= 0.6 is 0 Å². The highest BCUT2D eigenvalue weighted by Gasteiger charge is 2.21. The Labute approximate surface area is 138 Å². The van der Waals surface area contributed by atoms with Crippen LogP contribution in [0.4, 0.5) is 4.39 Å². The first-order valence-corrected chi connectivity index (χ1v) is 7.20. The highest BCUT2D eigenvalue weighted by molar-refractivity contribution is 6.19. The van der Waals surface area contributed by atoms with Gasteiger partial charge < -0.3 is 14.8 Å². The fraction of sp³-hybridized carbons (Fsp3) is 0.111. The first-order chi connectivity index (χ1) is 11.6. The molecule has 0 aromatic heterocycles. The molecule has 2 aromatic carbocycles. The summed E-state index contributed by atoms with van der Waals surface area (Å²) >= 11 is 0. The van der Waals surface area contributed by atoms with E-state index in [1.54, 1.807) is 43.5 Å². The minimum Gasteiger partial charge on any atom is -0.493 e. The van der Waals surface area contributed by atoms with Gasteiger partial charge in [0.1, 0.15) is 17.3 Å². The van der Waals surface area contributed by atoms with Gasteiger partial charge in [0, 0.05) is 5.56 Å².